The molecule has 7 nitrogen and oxygen atoms in total. The zero-order chi connectivity index (χ0) is 16.1. The van der Waals surface area contributed by atoms with E-state index in [9.17, 15) is 9.59 Å². The summed E-state index contributed by atoms with van der Waals surface area (Å²) in [5.74, 6) is -0.209. The number of urea groups is 1. The van der Waals surface area contributed by atoms with Crippen LogP contribution in [-0.2, 0) is 4.79 Å². The van der Waals surface area contributed by atoms with Gasteiger partial charge in [-0.25, -0.2) is 4.79 Å². The van der Waals surface area contributed by atoms with Gasteiger partial charge in [-0.3, -0.25) is 20.3 Å². The molecular weight excluding hydrogens is 294 g/mol. The van der Waals surface area contributed by atoms with Crippen molar-refractivity contribution in [2.24, 2.45) is 0 Å². The molecule has 3 aliphatic heterocycles. The Labute approximate surface area is 135 Å². The lowest BCUT2D eigenvalue weighted by molar-refractivity contribution is -0.128. The fourth-order valence-electron chi connectivity index (χ4n) is 3.77. The maximum atomic E-state index is 12.3. The Hall–Kier alpha value is -2.12. The second-order valence-corrected chi connectivity index (χ2v) is 6.46. The van der Waals surface area contributed by atoms with Gasteiger partial charge in [-0.05, 0) is 25.5 Å². The van der Waals surface area contributed by atoms with Crippen molar-refractivity contribution in [3.8, 4) is 0 Å². The second kappa shape index (κ2) is 5.21. The number of carbonyl (C=O) groups is 2. The number of likely N-dealkylation sites (N-methyl/N-ethyl adjacent to an activating group) is 1. The van der Waals surface area contributed by atoms with Gasteiger partial charge in [0.05, 0.1) is 0 Å². The maximum absolute atomic E-state index is 12.3. The van der Waals surface area contributed by atoms with Crippen molar-refractivity contribution >= 4 is 17.6 Å². The van der Waals surface area contributed by atoms with Gasteiger partial charge in [0.25, 0.3) is 0 Å². The molecular formula is C16H21N5O2. The summed E-state index contributed by atoms with van der Waals surface area (Å²) in [5.41, 5.74) is 2.35. The van der Waals surface area contributed by atoms with E-state index in [1.54, 1.807) is 11.9 Å². The lowest BCUT2D eigenvalue weighted by atomic mass is 10.1. The number of imide groups is 1. The monoisotopic (exact) mass is 315 g/mol. The van der Waals surface area contributed by atoms with Crippen LogP contribution >= 0.6 is 0 Å². The third-order valence-corrected chi connectivity index (χ3v) is 5.00. The number of carbonyl (C=O) groups excluding carboxylic acids is 2. The van der Waals surface area contributed by atoms with E-state index in [1.807, 2.05) is 0 Å². The van der Waals surface area contributed by atoms with Crippen molar-refractivity contribution in [3.05, 3.63) is 29.8 Å². The molecule has 2 N–H and O–H groups in total. The van der Waals surface area contributed by atoms with Crippen LogP contribution < -0.4 is 15.5 Å². The van der Waals surface area contributed by atoms with Crippen LogP contribution in [0.4, 0.5) is 10.5 Å². The summed E-state index contributed by atoms with van der Waals surface area (Å²) in [7, 11) is 1.72. The number of rotatable bonds is 1. The number of anilines is 1. The number of amides is 3. The van der Waals surface area contributed by atoms with Crippen molar-refractivity contribution in [1.82, 2.24) is 20.4 Å². The standard InChI is InChI=1S/C16H21N5O2/c1-10-4-6-11(7-5-10)20-8-3-9-21-12-13(17-15(20)21)19(2)16(23)18-14(12)22/h4-7,12-13,15,17H,3,8-9H2,1-2H3,(H,18,22,23). The predicted octanol–water partition coefficient (Wildman–Crippen LogP) is 0.270. The molecule has 1 aromatic rings. The van der Waals surface area contributed by atoms with Crippen LogP contribution in [0.3, 0.4) is 0 Å². The number of nitrogens with zero attached hydrogens (tertiary/aromatic N) is 3. The first-order chi connectivity index (χ1) is 11.1. The summed E-state index contributed by atoms with van der Waals surface area (Å²) in [6, 6.07) is 7.73. The smallest absolute Gasteiger partial charge is 0.325 e. The van der Waals surface area contributed by atoms with Crippen LogP contribution in [0.15, 0.2) is 24.3 Å². The zero-order valence-electron chi connectivity index (χ0n) is 13.3. The van der Waals surface area contributed by atoms with E-state index in [-0.39, 0.29) is 30.4 Å². The van der Waals surface area contributed by atoms with Gasteiger partial charge >= 0.3 is 6.03 Å². The number of hydrogen-bond acceptors (Lipinski definition) is 5. The van der Waals surface area contributed by atoms with Crippen LogP contribution in [-0.4, -0.2) is 60.4 Å². The third kappa shape index (κ3) is 2.19. The minimum absolute atomic E-state index is 0.0689. The van der Waals surface area contributed by atoms with E-state index < -0.39 is 0 Å². The maximum Gasteiger partial charge on any atom is 0.325 e. The van der Waals surface area contributed by atoms with Crippen molar-refractivity contribution in [2.75, 3.05) is 25.0 Å². The molecule has 0 aromatic heterocycles. The first-order valence-electron chi connectivity index (χ1n) is 7.99. The Balaban J connectivity index is 1.66. The largest absolute Gasteiger partial charge is 0.343 e. The molecule has 3 unspecified atom stereocenters. The molecule has 3 atom stereocenters. The Morgan fingerprint density at radius 3 is 2.61 bits per heavy atom. The molecule has 0 saturated carbocycles. The quantitative estimate of drug-likeness (QED) is 0.779. The Kier molecular flexibility index (Phi) is 3.28. The average molecular weight is 315 g/mol. The highest BCUT2D eigenvalue weighted by Crippen LogP contribution is 2.31. The van der Waals surface area contributed by atoms with E-state index >= 15 is 0 Å². The van der Waals surface area contributed by atoms with Crippen molar-refractivity contribution in [2.45, 2.75) is 31.8 Å². The summed E-state index contributed by atoms with van der Waals surface area (Å²) in [4.78, 5) is 30.2. The Morgan fingerprint density at radius 1 is 1.13 bits per heavy atom. The van der Waals surface area contributed by atoms with Crippen LogP contribution in [0.25, 0.3) is 0 Å². The molecule has 3 amide bonds. The molecule has 122 valence electrons. The summed E-state index contributed by atoms with van der Waals surface area (Å²) < 4.78 is 0. The van der Waals surface area contributed by atoms with E-state index in [0.29, 0.717) is 0 Å². The fraction of sp³-hybridized carbons (Fsp3) is 0.500. The van der Waals surface area contributed by atoms with Crippen LogP contribution in [0.1, 0.15) is 12.0 Å². The SMILES string of the molecule is Cc1ccc(N2CCCN3C4C(=O)NC(=O)N(C)C4NC23)cc1. The molecule has 1 aromatic carbocycles. The third-order valence-electron chi connectivity index (χ3n) is 5.00. The van der Waals surface area contributed by atoms with Gasteiger partial charge in [-0.15, -0.1) is 0 Å². The number of aryl methyl sites for hydroxylation is 1. The summed E-state index contributed by atoms with van der Waals surface area (Å²) >= 11 is 0. The van der Waals surface area contributed by atoms with Crippen LogP contribution in [0.5, 0.6) is 0 Å². The molecule has 23 heavy (non-hydrogen) atoms. The van der Waals surface area contributed by atoms with E-state index in [1.165, 1.54) is 5.56 Å². The van der Waals surface area contributed by atoms with Gasteiger partial charge in [0.2, 0.25) is 5.91 Å². The van der Waals surface area contributed by atoms with Crippen molar-refractivity contribution < 1.29 is 9.59 Å². The molecule has 3 aliphatic rings. The van der Waals surface area contributed by atoms with E-state index in [4.69, 9.17) is 0 Å². The normalized spacial score (nSPS) is 31.0. The lowest BCUT2D eigenvalue weighted by Gasteiger charge is -2.42. The number of hydrogen-bond donors (Lipinski definition) is 2. The first-order valence-corrected chi connectivity index (χ1v) is 7.99. The molecule has 0 spiro atoms. The predicted molar refractivity (Wildman–Crippen MR) is 85.6 cm³/mol. The van der Waals surface area contributed by atoms with Crippen LogP contribution in [0, 0.1) is 6.92 Å². The fourth-order valence-corrected chi connectivity index (χ4v) is 3.77. The molecule has 3 saturated heterocycles. The Bertz CT molecular complexity index is 646. The van der Waals surface area contributed by atoms with E-state index in [0.717, 1.165) is 25.2 Å². The molecule has 3 fully saturated rings. The van der Waals surface area contributed by atoms with Gasteiger partial charge in [-0.1, -0.05) is 17.7 Å². The van der Waals surface area contributed by atoms with Gasteiger partial charge in [-0.2, -0.15) is 0 Å². The number of fused-ring (bicyclic) bond motifs is 3. The minimum atomic E-state index is -0.342. The summed E-state index contributed by atoms with van der Waals surface area (Å²) in [6.07, 6.45) is 0.632. The molecule has 3 heterocycles. The second-order valence-electron chi connectivity index (χ2n) is 6.46. The highest BCUT2D eigenvalue weighted by atomic mass is 16.2. The van der Waals surface area contributed by atoms with Crippen molar-refractivity contribution in [1.29, 1.82) is 0 Å². The highest BCUT2D eigenvalue weighted by Gasteiger charge is 2.53. The van der Waals surface area contributed by atoms with Gasteiger partial charge < -0.3 is 9.80 Å². The number of benzene rings is 1. The topological polar surface area (TPSA) is 67.9 Å². The highest BCUT2D eigenvalue weighted by molar-refractivity contribution is 6.00. The zero-order valence-corrected chi connectivity index (χ0v) is 13.3. The average Bonchev–Trinajstić information content (AvgIpc) is 2.93. The molecule has 7 heteroatoms. The van der Waals surface area contributed by atoms with Crippen LogP contribution in [0.2, 0.25) is 0 Å². The Morgan fingerprint density at radius 2 is 1.87 bits per heavy atom. The van der Waals surface area contributed by atoms with Gasteiger partial charge in [0.1, 0.15) is 18.5 Å². The number of nitrogens with one attached hydrogen (secondary N) is 2. The molecule has 0 bridgehead atoms. The molecule has 0 aliphatic carbocycles. The van der Waals surface area contributed by atoms with E-state index in [2.05, 4.69) is 51.6 Å². The lowest BCUT2D eigenvalue weighted by Crippen LogP contribution is -2.65. The van der Waals surface area contributed by atoms with Crippen molar-refractivity contribution in [3.63, 3.8) is 0 Å². The van der Waals surface area contributed by atoms with Gasteiger partial charge in [0, 0.05) is 25.8 Å². The van der Waals surface area contributed by atoms with Gasteiger partial charge in [0.15, 0.2) is 0 Å². The minimum Gasteiger partial charge on any atom is -0.343 e. The molecule has 0 radical (unpaired) electrons. The summed E-state index contributed by atoms with van der Waals surface area (Å²) in [6.45, 7) is 3.84. The summed E-state index contributed by atoms with van der Waals surface area (Å²) in [5, 5.41) is 5.91. The molecule has 4 rings (SSSR count). The first kappa shape index (κ1) is 14.5.